The van der Waals surface area contributed by atoms with Gasteiger partial charge in [0.1, 0.15) is 11.6 Å². The molecule has 0 aliphatic rings. The van der Waals surface area contributed by atoms with E-state index in [0.29, 0.717) is 0 Å². The summed E-state index contributed by atoms with van der Waals surface area (Å²) in [6.07, 6.45) is 0. The molecule has 0 saturated carbocycles. The van der Waals surface area contributed by atoms with E-state index >= 15 is 0 Å². The minimum atomic E-state index is -4.30. The monoisotopic (exact) mass is 360 g/mol. The quantitative estimate of drug-likeness (QED) is 0.652. The van der Waals surface area contributed by atoms with Crippen LogP contribution in [0, 0.1) is 15.9 Å². The van der Waals surface area contributed by atoms with Gasteiger partial charge in [-0.25, -0.2) is 12.8 Å². The van der Waals surface area contributed by atoms with Crippen LogP contribution in [0.2, 0.25) is 5.02 Å². The molecule has 0 radical (unpaired) electrons. The van der Waals surface area contributed by atoms with Gasteiger partial charge in [-0.15, -0.1) is 0 Å². The number of sulfonamides is 1. The first kappa shape index (κ1) is 17.0. The molecular formula is C13H10ClFN2O5S. The Morgan fingerprint density at radius 2 is 1.96 bits per heavy atom. The van der Waals surface area contributed by atoms with Crippen LogP contribution in [0.3, 0.4) is 0 Å². The lowest BCUT2D eigenvalue weighted by Gasteiger charge is -2.10. The average Bonchev–Trinajstić information content (AvgIpc) is 2.49. The second kappa shape index (κ2) is 6.39. The molecule has 0 saturated heterocycles. The van der Waals surface area contributed by atoms with Crippen LogP contribution >= 0.6 is 11.6 Å². The van der Waals surface area contributed by atoms with Crippen molar-refractivity contribution in [2.45, 2.75) is 4.90 Å². The maximum Gasteiger partial charge on any atom is 0.293 e. The van der Waals surface area contributed by atoms with Crippen molar-refractivity contribution in [2.24, 2.45) is 0 Å². The Morgan fingerprint density at radius 1 is 1.26 bits per heavy atom. The Kier molecular flexibility index (Phi) is 4.71. The summed E-state index contributed by atoms with van der Waals surface area (Å²) in [6, 6.07) is 6.34. The number of nitrogens with one attached hydrogen (secondary N) is 1. The first-order chi connectivity index (χ1) is 10.7. The van der Waals surface area contributed by atoms with Crippen molar-refractivity contribution < 1.29 is 22.5 Å². The van der Waals surface area contributed by atoms with Crippen molar-refractivity contribution in [3.8, 4) is 5.75 Å². The molecule has 0 heterocycles. The molecule has 0 atom stereocenters. The van der Waals surface area contributed by atoms with E-state index in [-0.39, 0.29) is 16.5 Å². The maximum absolute atomic E-state index is 13.0. The molecule has 0 spiro atoms. The van der Waals surface area contributed by atoms with Crippen LogP contribution in [-0.4, -0.2) is 20.5 Å². The highest BCUT2D eigenvalue weighted by Crippen LogP contribution is 2.31. The zero-order valence-corrected chi connectivity index (χ0v) is 13.2. The van der Waals surface area contributed by atoms with E-state index in [4.69, 9.17) is 16.3 Å². The molecule has 7 nitrogen and oxygen atoms in total. The number of methoxy groups -OCH3 is 1. The number of benzene rings is 2. The van der Waals surface area contributed by atoms with Gasteiger partial charge in [-0.3, -0.25) is 14.8 Å². The second-order valence-corrected chi connectivity index (χ2v) is 6.38. The minimum Gasteiger partial charge on any atom is -0.497 e. The van der Waals surface area contributed by atoms with Gasteiger partial charge in [0.25, 0.3) is 15.7 Å². The fourth-order valence-electron chi connectivity index (χ4n) is 1.77. The predicted molar refractivity (Wildman–Crippen MR) is 81.9 cm³/mol. The van der Waals surface area contributed by atoms with E-state index in [1.54, 1.807) is 0 Å². The molecule has 122 valence electrons. The number of anilines is 1. The summed E-state index contributed by atoms with van der Waals surface area (Å²) in [6.45, 7) is 0. The van der Waals surface area contributed by atoms with E-state index in [9.17, 15) is 22.9 Å². The van der Waals surface area contributed by atoms with Crippen LogP contribution in [-0.2, 0) is 10.0 Å². The van der Waals surface area contributed by atoms with Crippen LogP contribution in [0.4, 0.5) is 15.8 Å². The number of halogens is 2. The molecule has 0 unspecified atom stereocenters. The Labute approximate surface area is 135 Å². The fraction of sp³-hybridized carbons (Fsp3) is 0.0769. The van der Waals surface area contributed by atoms with Gasteiger partial charge >= 0.3 is 0 Å². The second-order valence-electron chi connectivity index (χ2n) is 4.32. The van der Waals surface area contributed by atoms with Crippen molar-refractivity contribution in [2.75, 3.05) is 11.8 Å². The lowest BCUT2D eigenvalue weighted by molar-refractivity contribution is -0.387. The normalized spacial score (nSPS) is 11.1. The lowest BCUT2D eigenvalue weighted by atomic mass is 10.3. The molecule has 0 aliphatic heterocycles. The third kappa shape index (κ3) is 3.69. The number of hydrogen-bond acceptors (Lipinski definition) is 5. The van der Waals surface area contributed by atoms with Crippen LogP contribution < -0.4 is 9.46 Å². The van der Waals surface area contributed by atoms with Gasteiger partial charge in [-0.05, 0) is 30.3 Å². The van der Waals surface area contributed by atoms with Crippen molar-refractivity contribution in [3.05, 3.63) is 57.4 Å². The van der Waals surface area contributed by atoms with E-state index < -0.39 is 31.3 Å². The molecule has 1 N–H and O–H groups in total. The average molecular weight is 361 g/mol. The van der Waals surface area contributed by atoms with Crippen LogP contribution in [0.15, 0.2) is 41.3 Å². The Bertz CT molecular complexity index is 873. The summed E-state index contributed by atoms with van der Waals surface area (Å²) < 4.78 is 44.6. The van der Waals surface area contributed by atoms with Crippen molar-refractivity contribution >= 4 is 33.0 Å². The summed E-state index contributed by atoms with van der Waals surface area (Å²) >= 11 is 5.75. The molecule has 2 aromatic rings. The third-order valence-corrected chi connectivity index (χ3v) is 4.55. The smallest absolute Gasteiger partial charge is 0.293 e. The summed E-state index contributed by atoms with van der Waals surface area (Å²) in [5.74, 6) is -0.510. The van der Waals surface area contributed by atoms with Crippen LogP contribution in [0.25, 0.3) is 0 Å². The molecule has 10 heteroatoms. The summed E-state index contributed by atoms with van der Waals surface area (Å²) in [5, 5.41) is 10.9. The van der Waals surface area contributed by atoms with Crippen LogP contribution in [0.1, 0.15) is 0 Å². The highest BCUT2D eigenvalue weighted by Gasteiger charge is 2.27. The first-order valence-electron chi connectivity index (χ1n) is 6.05. The Balaban J connectivity index is 2.49. The van der Waals surface area contributed by atoms with Gasteiger partial charge < -0.3 is 4.74 Å². The van der Waals surface area contributed by atoms with Crippen molar-refractivity contribution in [1.82, 2.24) is 0 Å². The standard InChI is InChI=1S/C13H10ClFN2O5S/c1-22-9-3-5-13(12(7-9)17(18)19)23(20,21)16-11-4-2-8(15)6-10(11)14/h2-7,16H,1H3. The van der Waals surface area contributed by atoms with E-state index in [0.717, 1.165) is 30.3 Å². The molecule has 0 aliphatic carbocycles. The third-order valence-electron chi connectivity index (χ3n) is 2.83. The van der Waals surface area contributed by atoms with Gasteiger partial charge in [-0.2, -0.15) is 0 Å². The number of ether oxygens (including phenoxy) is 1. The van der Waals surface area contributed by atoms with Gasteiger partial charge in [0.05, 0.1) is 28.8 Å². The zero-order chi connectivity index (χ0) is 17.2. The van der Waals surface area contributed by atoms with Crippen molar-refractivity contribution in [3.63, 3.8) is 0 Å². The number of rotatable bonds is 5. The van der Waals surface area contributed by atoms with Crippen LogP contribution in [0.5, 0.6) is 5.75 Å². The largest absolute Gasteiger partial charge is 0.497 e. The lowest BCUT2D eigenvalue weighted by Crippen LogP contribution is -2.15. The molecule has 0 bridgehead atoms. The summed E-state index contributed by atoms with van der Waals surface area (Å²) in [5.41, 5.74) is -0.756. The summed E-state index contributed by atoms with van der Waals surface area (Å²) in [7, 11) is -3.01. The first-order valence-corrected chi connectivity index (χ1v) is 7.91. The Hall–Kier alpha value is -2.39. The molecule has 23 heavy (non-hydrogen) atoms. The van der Waals surface area contributed by atoms with Gasteiger partial charge in [0.15, 0.2) is 4.90 Å². The highest BCUT2D eigenvalue weighted by atomic mass is 35.5. The van der Waals surface area contributed by atoms with Crippen molar-refractivity contribution in [1.29, 1.82) is 0 Å². The molecule has 0 aromatic heterocycles. The van der Waals surface area contributed by atoms with E-state index in [1.165, 1.54) is 13.2 Å². The van der Waals surface area contributed by atoms with Gasteiger partial charge in [0.2, 0.25) is 0 Å². The SMILES string of the molecule is COc1ccc(S(=O)(=O)Nc2ccc(F)cc2Cl)c([N+](=O)[O-])c1. The Morgan fingerprint density at radius 3 is 2.52 bits per heavy atom. The number of nitro groups is 1. The number of nitro benzene ring substituents is 1. The number of nitrogens with zero attached hydrogens (tertiary/aromatic N) is 1. The molecule has 2 aromatic carbocycles. The maximum atomic E-state index is 13.0. The summed E-state index contributed by atoms with van der Waals surface area (Å²) in [4.78, 5) is 9.67. The zero-order valence-electron chi connectivity index (χ0n) is 11.6. The topological polar surface area (TPSA) is 98.5 Å². The molecule has 2 rings (SSSR count). The minimum absolute atomic E-state index is 0.0989. The van der Waals surface area contributed by atoms with Gasteiger partial charge in [-0.1, -0.05) is 11.6 Å². The van der Waals surface area contributed by atoms with E-state index in [1.807, 2.05) is 0 Å². The van der Waals surface area contributed by atoms with Gasteiger partial charge in [0, 0.05) is 0 Å². The van der Waals surface area contributed by atoms with E-state index in [2.05, 4.69) is 4.72 Å². The molecule has 0 fully saturated rings. The predicted octanol–water partition coefficient (Wildman–Crippen LogP) is 3.20. The molecule has 0 amide bonds. The number of hydrogen-bond donors (Lipinski definition) is 1. The molecular weight excluding hydrogens is 351 g/mol. The fourth-order valence-corrected chi connectivity index (χ4v) is 3.27. The highest BCUT2D eigenvalue weighted by molar-refractivity contribution is 7.92.